The zero-order chi connectivity index (χ0) is 25.8. The molecule has 0 bridgehead atoms. The lowest BCUT2D eigenvalue weighted by atomic mass is 9.97. The highest BCUT2D eigenvalue weighted by Crippen LogP contribution is 2.29. The van der Waals surface area contributed by atoms with Crippen LogP contribution in [0.5, 0.6) is 0 Å². The highest BCUT2D eigenvalue weighted by atomic mass is 19.4. The third kappa shape index (κ3) is 7.43. The van der Waals surface area contributed by atoms with Crippen LogP contribution in [0.3, 0.4) is 0 Å². The van der Waals surface area contributed by atoms with Crippen molar-refractivity contribution in [2.75, 3.05) is 13.1 Å². The van der Waals surface area contributed by atoms with Gasteiger partial charge in [-0.3, -0.25) is 9.59 Å². The Labute approximate surface area is 201 Å². The summed E-state index contributed by atoms with van der Waals surface area (Å²) in [5.74, 6) is -1.26. The van der Waals surface area contributed by atoms with Crippen molar-refractivity contribution in [2.24, 2.45) is 0 Å². The Kier molecular flexibility index (Phi) is 7.67. The SMILES string of the molecule is CC(C)(C)OC(=O)c1ccc2c(c1)CN(C(=O)CNC(=O)/C=C/c1ccc(C(F)(F)F)cc1)CC2. The van der Waals surface area contributed by atoms with Crippen molar-refractivity contribution in [2.45, 2.75) is 45.5 Å². The van der Waals surface area contributed by atoms with Gasteiger partial charge in [0, 0.05) is 19.2 Å². The summed E-state index contributed by atoms with van der Waals surface area (Å²) in [7, 11) is 0. The van der Waals surface area contributed by atoms with Crippen molar-refractivity contribution in [1.82, 2.24) is 10.2 Å². The normalized spacial score (nSPS) is 13.9. The maximum atomic E-state index is 12.6. The molecule has 1 aliphatic heterocycles. The lowest BCUT2D eigenvalue weighted by Crippen LogP contribution is -2.42. The minimum atomic E-state index is -4.42. The summed E-state index contributed by atoms with van der Waals surface area (Å²) in [6.45, 7) is 5.93. The molecule has 0 spiro atoms. The summed E-state index contributed by atoms with van der Waals surface area (Å²) in [5.41, 5.74) is 1.34. The van der Waals surface area contributed by atoms with Crippen molar-refractivity contribution >= 4 is 23.9 Å². The van der Waals surface area contributed by atoms with Crippen LogP contribution >= 0.6 is 0 Å². The Balaban J connectivity index is 1.54. The second kappa shape index (κ2) is 10.3. The molecule has 9 heteroatoms. The van der Waals surface area contributed by atoms with E-state index in [9.17, 15) is 27.6 Å². The molecule has 2 aromatic carbocycles. The number of fused-ring (bicyclic) bond motifs is 1. The maximum absolute atomic E-state index is 12.6. The van der Waals surface area contributed by atoms with Crippen LogP contribution in [0.4, 0.5) is 13.2 Å². The summed E-state index contributed by atoms with van der Waals surface area (Å²) >= 11 is 0. The molecule has 0 saturated heterocycles. The summed E-state index contributed by atoms with van der Waals surface area (Å²) < 4.78 is 43.3. The highest BCUT2D eigenvalue weighted by molar-refractivity contribution is 5.94. The van der Waals surface area contributed by atoms with E-state index in [4.69, 9.17) is 4.74 Å². The number of hydrogen-bond acceptors (Lipinski definition) is 4. The lowest BCUT2D eigenvalue weighted by molar-refractivity contribution is -0.137. The first-order chi connectivity index (χ1) is 16.3. The van der Waals surface area contributed by atoms with Gasteiger partial charge in [0.25, 0.3) is 0 Å². The first-order valence-electron chi connectivity index (χ1n) is 11.1. The van der Waals surface area contributed by atoms with Crippen LogP contribution in [-0.2, 0) is 33.5 Å². The van der Waals surface area contributed by atoms with Crippen LogP contribution in [0.1, 0.15) is 53.4 Å². The van der Waals surface area contributed by atoms with Crippen LogP contribution in [0.15, 0.2) is 48.5 Å². The Morgan fingerprint density at radius 1 is 1.03 bits per heavy atom. The molecule has 35 heavy (non-hydrogen) atoms. The van der Waals surface area contributed by atoms with E-state index < -0.39 is 29.2 Å². The smallest absolute Gasteiger partial charge is 0.416 e. The Hall–Kier alpha value is -3.62. The van der Waals surface area contributed by atoms with E-state index in [-0.39, 0.29) is 12.5 Å². The quantitative estimate of drug-likeness (QED) is 0.501. The van der Waals surface area contributed by atoms with E-state index in [2.05, 4.69) is 5.32 Å². The molecule has 2 amide bonds. The number of nitrogens with one attached hydrogen (secondary N) is 1. The fourth-order valence-electron chi connectivity index (χ4n) is 3.52. The van der Waals surface area contributed by atoms with Crippen LogP contribution in [0, 0.1) is 0 Å². The maximum Gasteiger partial charge on any atom is 0.416 e. The number of rotatable bonds is 5. The molecule has 0 unspecified atom stereocenters. The van der Waals surface area contributed by atoms with Crippen molar-refractivity contribution in [3.05, 3.63) is 76.4 Å². The summed E-state index contributed by atoms with van der Waals surface area (Å²) in [6, 6.07) is 9.70. The average Bonchev–Trinajstić information content (AvgIpc) is 2.79. The topological polar surface area (TPSA) is 75.7 Å². The van der Waals surface area contributed by atoms with Crippen molar-refractivity contribution in [3.63, 3.8) is 0 Å². The van der Waals surface area contributed by atoms with Gasteiger partial charge in [0.05, 0.1) is 17.7 Å². The van der Waals surface area contributed by atoms with Crippen molar-refractivity contribution in [3.8, 4) is 0 Å². The molecule has 2 aromatic rings. The van der Waals surface area contributed by atoms with Crippen LogP contribution < -0.4 is 5.32 Å². The molecule has 0 fully saturated rings. The molecule has 0 aromatic heterocycles. The fourth-order valence-corrected chi connectivity index (χ4v) is 3.52. The Morgan fingerprint density at radius 3 is 2.34 bits per heavy atom. The van der Waals surface area contributed by atoms with Gasteiger partial charge in [-0.2, -0.15) is 13.2 Å². The highest BCUT2D eigenvalue weighted by Gasteiger charge is 2.29. The minimum absolute atomic E-state index is 0.225. The summed E-state index contributed by atoms with van der Waals surface area (Å²) in [4.78, 5) is 38.6. The molecule has 6 nitrogen and oxygen atoms in total. The van der Waals surface area contributed by atoms with E-state index in [1.54, 1.807) is 37.8 Å². The van der Waals surface area contributed by atoms with E-state index in [0.29, 0.717) is 30.6 Å². The van der Waals surface area contributed by atoms with Gasteiger partial charge in [-0.15, -0.1) is 0 Å². The van der Waals surface area contributed by atoms with E-state index >= 15 is 0 Å². The molecule has 0 radical (unpaired) electrons. The number of carbonyl (C=O) groups is 3. The summed E-state index contributed by atoms with van der Waals surface area (Å²) in [5, 5.41) is 2.49. The third-order valence-corrected chi connectivity index (χ3v) is 5.28. The standard InChI is InChI=1S/C26H27F3N2O4/c1-25(2,3)35-24(34)19-8-7-18-12-13-31(16-20(18)14-19)23(33)15-30-22(32)11-6-17-4-9-21(10-5-17)26(27,28)29/h4-11,14H,12-13,15-16H2,1-3H3,(H,30,32)/b11-6+. The predicted octanol–water partition coefficient (Wildman–Crippen LogP) is 4.38. The van der Waals surface area contributed by atoms with Gasteiger partial charge in [-0.1, -0.05) is 18.2 Å². The van der Waals surface area contributed by atoms with E-state index in [0.717, 1.165) is 29.3 Å². The van der Waals surface area contributed by atoms with Crippen molar-refractivity contribution < 1.29 is 32.3 Å². The van der Waals surface area contributed by atoms with Crippen LogP contribution in [0.25, 0.3) is 6.08 Å². The molecule has 1 heterocycles. The molecule has 186 valence electrons. The number of ether oxygens (including phenoxy) is 1. The fraction of sp³-hybridized carbons (Fsp3) is 0.346. The Morgan fingerprint density at radius 2 is 1.71 bits per heavy atom. The zero-order valence-electron chi connectivity index (χ0n) is 19.7. The largest absolute Gasteiger partial charge is 0.456 e. The van der Waals surface area contributed by atoms with Crippen LogP contribution in [0.2, 0.25) is 0 Å². The molecular weight excluding hydrogens is 461 g/mol. The first-order valence-corrected chi connectivity index (χ1v) is 11.1. The number of esters is 1. The van der Waals surface area contributed by atoms with Gasteiger partial charge < -0.3 is 15.0 Å². The average molecular weight is 489 g/mol. The summed E-state index contributed by atoms with van der Waals surface area (Å²) in [6.07, 6.45) is -1.27. The second-order valence-corrected chi connectivity index (χ2v) is 9.22. The third-order valence-electron chi connectivity index (χ3n) is 5.28. The zero-order valence-corrected chi connectivity index (χ0v) is 19.7. The van der Waals surface area contributed by atoms with Crippen molar-refractivity contribution in [1.29, 1.82) is 0 Å². The number of hydrogen-bond donors (Lipinski definition) is 1. The predicted molar refractivity (Wildman–Crippen MR) is 124 cm³/mol. The van der Waals surface area contributed by atoms with Gasteiger partial charge in [0.15, 0.2) is 0 Å². The van der Waals surface area contributed by atoms with Gasteiger partial charge in [-0.05, 0) is 74.2 Å². The molecular formula is C26H27F3N2O4. The Bertz CT molecular complexity index is 1130. The molecule has 0 atom stereocenters. The van der Waals surface area contributed by atoms with E-state index in [1.807, 2.05) is 6.07 Å². The lowest BCUT2D eigenvalue weighted by Gasteiger charge is -2.29. The molecule has 1 N–H and O–H groups in total. The molecule has 1 aliphatic rings. The number of alkyl halides is 3. The molecule has 0 aliphatic carbocycles. The number of halogens is 3. The minimum Gasteiger partial charge on any atom is -0.456 e. The van der Waals surface area contributed by atoms with Gasteiger partial charge in [0.1, 0.15) is 5.60 Å². The first kappa shape index (κ1) is 26.0. The molecule has 0 saturated carbocycles. The second-order valence-electron chi connectivity index (χ2n) is 9.22. The van der Waals surface area contributed by atoms with Gasteiger partial charge >= 0.3 is 12.1 Å². The van der Waals surface area contributed by atoms with Crippen LogP contribution in [-0.4, -0.2) is 41.4 Å². The molecule has 3 rings (SSSR count). The van der Waals surface area contributed by atoms with Gasteiger partial charge in [-0.25, -0.2) is 4.79 Å². The van der Waals surface area contributed by atoms with E-state index in [1.165, 1.54) is 18.2 Å². The van der Waals surface area contributed by atoms with Gasteiger partial charge in [0.2, 0.25) is 11.8 Å². The number of amides is 2. The number of carbonyl (C=O) groups excluding carboxylic acids is 3. The number of benzene rings is 2. The number of nitrogens with zero attached hydrogens (tertiary/aromatic N) is 1. The monoisotopic (exact) mass is 488 g/mol.